The van der Waals surface area contributed by atoms with Gasteiger partial charge in [-0.2, -0.15) is 0 Å². The molecule has 0 spiro atoms. The highest BCUT2D eigenvalue weighted by molar-refractivity contribution is 7.92. The van der Waals surface area contributed by atoms with Crippen LogP contribution in [0.3, 0.4) is 0 Å². The summed E-state index contributed by atoms with van der Waals surface area (Å²) in [6.07, 6.45) is 1.53. The Bertz CT molecular complexity index is 1460. The number of anilines is 1. The molecular weight excluding hydrogens is 463 g/mol. The Kier molecular flexibility index (Phi) is 6.42. The average Bonchev–Trinajstić information content (AvgIpc) is 2.85. The monoisotopic (exact) mass is 484 g/mol. The summed E-state index contributed by atoms with van der Waals surface area (Å²) in [6, 6.07) is 15.0. The van der Waals surface area contributed by atoms with Gasteiger partial charge in [-0.05, 0) is 42.5 Å². The van der Waals surface area contributed by atoms with Gasteiger partial charge in [-0.1, -0.05) is 12.1 Å². The van der Waals surface area contributed by atoms with Crippen LogP contribution in [0.2, 0.25) is 0 Å². The lowest BCUT2D eigenvalue weighted by atomic mass is 10.1. The molecule has 0 unspecified atom stereocenters. The van der Waals surface area contributed by atoms with Crippen LogP contribution in [0, 0.1) is 5.82 Å². The molecule has 0 radical (unpaired) electrons. The zero-order valence-electron chi connectivity index (χ0n) is 18.5. The van der Waals surface area contributed by atoms with E-state index in [1.807, 2.05) is 0 Å². The lowest BCUT2D eigenvalue weighted by Gasteiger charge is -2.14. The molecule has 0 aliphatic rings. The van der Waals surface area contributed by atoms with Crippen LogP contribution >= 0.6 is 0 Å². The molecule has 8 nitrogen and oxygen atoms in total. The molecule has 1 N–H and O–H groups in total. The lowest BCUT2D eigenvalue weighted by molar-refractivity contribution is 0.358. The maximum atomic E-state index is 14.8. The van der Waals surface area contributed by atoms with E-state index in [0.29, 0.717) is 28.2 Å². The molecule has 1 aromatic heterocycles. The summed E-state index contributed by atoms with van der Waals surface area (Å²) in [5.41, 5.74) is 0.283. The van der Waals surface area contributed by atoms with E-state index < -0.39 is 15.8 Å². The van der Waals surface area contributed by atoms with Crippen molar-refractivity contribution in [1.82, 2.24) is 4.98 Å². The summed E-state index contributed by atoms with van der Waals surface area (Å²) < 4.78 is 64.3. The summed E-state index contributed by atoms with van der Waals surface area (Å²) in [7, 11) is 0.304. The first-order valence-electron chi connectivity index (χ1n) is 10.0. The average molecular weight is 485 g/mol. The Labute approximate surface area is 195 Å². The first kappa shape index (κ1) is 23.1. The van der Waals surface area contributed by atoms with Crippen LogP contribution in [0.15, 0.2) is 71.8 Å². The third kappa shape index (κ3) is 4.40. The molecular formula is C24H21FN2O6S. The van der Waals surface area contributed by atoms with Gasteiger partial charge in [0.2, 0.25) is 0 Å². The standard InChI is InChI=1S/C24H21FN2O6S/c1-30-20-6-4-5-7-22(20)34(28,29)27-18-10-8-15(14-17(18)25)33-19-12-13-26-23-16(19)9-11-21(31-2)24(23)32-3/h4-14,27H,1-3H3. The van der Waals surface area contributed by atoms with E-state index in [0.717, 1.165) is 6.07 Å². The van der Waals surface area contributed by atoms with E-state index in [-0.39, 0.29) is 22.1 Å². The molecule has 10 heteroatoms. The lowest BCUT2D eigenvalue weighted by Crippen LogP contribution is -2.15. The van der Waals surface area contributed by atoms with E-state index in [1.165, 1.54) is 51.8 Å². The highest BCUT2D eigenvalue weighted by Gasteiger charge is 2.21. The van der Waals surface area contributed by atoms with Gasteiger partial charge < -0.3 is 18.9 Å². The van der Waals surface area contributed by atoms with Crippen molar-refractivity contribution in [3.63, 3.8) is 0 Å². The number of benzene rings is 3. The number of halogens is 1. The molecule has 0 amide bonds. The van der Waals surface area contributed by atoms with Crippen molar-refractivity contribution in [3.05, 3.63) is 72.7 Å². The number of para-hydroxylation sites is 1. The number of rotatable bonds is 8. The molecule has 0 saturated carbocycles. The maximum Gasteiger partial charge on any atom is 0.265 e. The topological polar surface area (TPSA) is 96.0 Å². The van der Waals surface area contributed by atoms with Gasteiger partial charge in [0.25, 0.3) is 10.0 Å². The van der Waals surface area contributed by atoms with Gasteiger partial charge in [-0.15, -0.1) is 0 Å². The summed E-state index contributed by atoms with van der Waals surface area (Å²) in [5.74, 6) is 0.864. The number of aromatic nitrogens is 1. The van der Waals surface area contributed by atoms with Gasteiger partial charge in [-0.3, -0.25) is 9.71 Å². The number of ether oxygens (including phenoxy) is 4. The van der Waals surface area contributed by atoms with Crippen LogP contribution in [-0.2, 0) is 10.0 Å². The molecule has 3 aromatic carbocycles. The first-order valence-corrected chi connectivity index (χ1v) is 11.5. The minimum Gasteiger partial charge on any atom is -0.495 e. The van der Waals surface area contributed by atoms with Crippen molar-refractivity contribution in [2.45, 2.75) is 4.90 Å². The predicted molar refractivity (Wildman–Crippen MR) is 125 cm³/mol. The van der Waals surface area contributed by atoms with Gasteiger partial charge in [-0.25, -0.2) is 12.8 Å². The zero-order valence-corrected chi connectivity index (χ0v) is 19.4. The third-order valence-corrected chi connectivity index (χ3v) is 6.39. The Morgan fingerprint density at radius 1 is 0.853 bits per heavy atom. The van der Waals surface area contributed by atoms with Gasteiger partial charge >= 0.3 is 0 Å². The van der Waals surface area contributed by atoms with E-state index >= 15 is 0 Å². The number of hydrogen-bond donors (Lipinski definition) is 1. The molecule has 4 rings (SSSR count). The Hall–Kier alpha value is -4.05. The van der Waals surface area contributed by atoms with Gasteiger partial charge in [0, 0.05) is 17.6 Å². The highest BCUT2D eigenvalue weighted by atomic mass is 32.2. The van der Waals surface area contributed by atoms with Crippen LogP contribution in [0.5, 0.6) is 28.7 Å². The van der Waals surface area contributed by atoms with E-state index in [2.05, 4.69) is 9.71 Å². The van der Waals surface area contributed by atoms with E-state index in [1.54, 1.807) is 30.3 Å². The molecule has 34 heavy (non-hydrogen) atoms. The minimum atomic E-state index is -4.08. The molecule has 0 aliphatic heterocycles. The fraction of sp³-hybridized carbons (Fsp3) is 0.125. The van der Waals surface area contributed by atoms with Crippen molar-refractivity contribution < 1.29 is 31.8 Å². The third-order valence-electron chi connectivity index (χ3n) is 4.99. The SMILES string of the molecule is COc1ccccc1S(=O)(=O)Nc1ccc(Oc2ccnc3c(OC)c(OC)ccc23)cc1F. The molecule has 4 aromatic rings. The second-order valence-electron chi connectivity index (χ2n) is 7.01. The summed E-state index contributed by atoms with van der Waals surface area (Å²) in [5, 5.41) is 0.626. The van der Waals surface area contributed by atoms with Crippen molar-refractivity contribution in [3.8, 4) is 28.7 Å². The first-order chi connectivity index (χ1) is 16.4. The summed E-state index contributed by atoms with van der Waals surface area (Å²) >= 11 is 0. The molecule has 0 saturated heterocycles. The van der Waals surface area contributed by atoms with E-state index in [4.69, 9.17) is 18.9 Å². The van der Waals surface area contributed by atoms with Crippen molar-refractivity contribution >= 4 is 26.6 Å². The second kappa shape index (κ2) is 9.44. The Balaban J connectivity index is 1.63. The smallest absolute Gasteiger partial charge is 0.265 e. The van der Waals surface area contributed by atoms with E-state index in [9.17, 15) is 12.8 Å². The van der Waals surface area contributed by atoms with Crippen LogP contribution in [0.4, 0.5) is 10.1 Å². The van der Waals surface area contributed by atoms with Crippen molar-refractivity contribution in [2.75, 3.05) is 26.1 Å². The normalized spacial score (nSPS) is 11.2. The fourth-order valence-corrected chi connectivity index (χ4v) is 4.64. The Morgan fingerprint density at radius 3 is 2.32 bits per heavy atom. The van der Waals surface area contributed by atoms with Crippen LogP contribution in [0.1, 0.15) is 0 Å². The largest absolute Gasteiger partial charge is 0.495 e. The quantitative estimate of drug-likeness (QED) is 0.376. The number of hydrogen-bond acceptors (Lipinski definition) is 7. The summed E-state index contributed by atoms with van der Waals surface area (Å²) in [4.78, 5) is 4.23. The van der Waals surface area contributed by atoms with Gasteiger partial charge in [0.05, 0.1) is 27.0 Å². The van der Waals surface area contributed by atoms with Gasteiger partial charge in [0.15, 0.2) is 17.3 Å². The molecule has 0 atom stereocenters. The van der Waals surface area contributed by atoms with Gasteiger partial charge in [0.1, 0.15) is 27.7 Å². The maximum absolute atomic E-state index is 14.8. The number of fused-ring (bicyclic) bond motifs is 1. The highest BCUT2D eigenvalue weighted by Crippen LogP contribution is 2.39. The van der Waals surface area contributed by atoms with Crippen molar-refractivity contribution in [1.29, 1.82) is 0 Å². The number of sulfonamides is 1. The number of nitrogens with one attached hydrogen (secondary N) is 1. The van der Waals surface area contributed by atoms with Crippen LogP contribution < -0.4 is 23.7 Å². The number of methoxy groups -OCH3 is 3. The molecule has 176 valence electrons. The Morgan fingerprint density at radius 2 is 1.62 bits per heavy atom. The van der Waals surface area contributed by atoms with Crippen LogP contribution in [0.25, 0.3) is 10.9 Å². The summed E-state index contributed by atoms with van der Waals surface area (Å²) in [6.45, 7) is 0. The predicted octanol–water partition coefficient (Wildman–Crippen LogP) is 4.99. The molecule has 1 heterocycles. The van der Waals surface area contributed by atoms with Crippen LogP contribution in [-0.4, -0.2) is 34.7 Å². The number of nitrogens with zero attached hydrogens (tertiary/aromatic N) is 1. The molecule has 0 fully saturated rings. The fourth-order valence-electron chi connectivity index (χ4n) is 3.41. The number of pyridine rings is 1. The zero-order chi connectivity index (χ0) is 24.3. The van der Waals surface area contributed by atoms with Crippen molar-refractivity contribution in [2.24, 2.45) is 0 Å². The molecule has 0 bridgehead atoms. The second-order valence-corrected chi connectivity index (χ2v) is 8.66. The molecule has 0 aliphatic carbocycles. The minimum absolute atomic E-state index is 0.107.